The van der Waals surface area contributed by atoms with Gasteiger partial charge in [0.2, 0.25) is 0 Å². The Kier molecular flexibility index (Phi) is 8.15. The summed E-state index contributed by atoms with van der Waals surface area (Å²) in [5.41, 5.74) is 0. The molecule has 0 radical (unpaired) electrons. The van der Waals surface area contributed by atoms with E-state index in [2.05, 4.69) is 16.7 Å². The third kappa shape index (κ3) is 7.79. The van der Waals surface area contributed by atoms with E-state index in [0.717, 1.165) is 71.1 Å². The molecule has 2 saturated heterocycles. The summed E-state index contributed by atoms with van der Waals surface area (Å²) < 4.78 is 16.5. The Balaban J connectivity index is 1.45. The molecule has 1 aliphatic carbocycles. The molecule has 3 aliphatic rings. The predicted octanol–water partition coefficient (Wildman–Crippen LogP) is 1.57. The van der Waals surface area contributed by atoms with Crippen LogP contribution in [0.1, 0.15) is 39.5 Å². The van der Waals surface area contributed by atoms with Crippen molar-refractivity contribution in [3.05, 3.63) is 0 Å². The van der Waals surface area contributed by atoms with Crippen molar-refractivity contribution >= 4 is 0 Å². The second kappa shape index (κ2) is 10.3. The van der Waals surface area contributed by atoms with E-state index >= 15 is 0 Å². The van der Waals surface area contributed by atoms with E-state index < -0.39 is 0 Å². The molecule has 3 fully saturated rings. The number of hydrogen-bond acceptors (Lipinski definition) is 6. The van der Waals surface area contributed by atoms with Gasteiger partial charge in [-0.25, -0.2) is 0 Å². The molecule has 0 amide bonds. The minimum absolute atomic E-state index is 0.270. The van der Waals surface area contributed by atoms with Crippen LogP contribution in [-0.4, -0.2) is 92.5 Å². The SMILES string of the molecule is CCOCN(CC1CCCC(CN(CC(C)O)CC2CO2)C1)CC1CO1. The van der Waals surface area contributed by atoms with Crippen molar-refractivity contribution in [2.75, 3.05) is 59.3 Å². The van der Waals surface area contributed by atoms with Crippen LogP contribution in [0.25, 0.3) is 0 Å². The third-order valence-corrected chi connectivity index (χ3v) is 5.65. The summed E-state index contributed by atoms with van der Waals surface area (Å²) in [4.78, 5) is 4.87. The van der Waals surface area contributed by atoms with Crippen LogP contribution in [-0.2, 0) is 14.2 Å². The predicted molar refractivity (Wildman–Crippen MR) is 101 cm³/mol. The van der Waals surface area contributed by atoms with Crippen LogP contribution in [0.4, 0.5) is 0 Å². The van der Waals surface area contributed by atoms with Gasteiger partial charge in [-0.3, -0.25) is 9.80 Å². The molecule has 2 aliphatic heterocycles. The number of aliphatic hydroxyl groups is 1. The van der Waals surface area contributed by atoms with Crippen LogP contribution < -0.4 is 0 Å². The van der Waals surface area contributed by atoms with Crippen LogP contribution in [0.15, 0.2) is 0 Å². The lowest BCUT2D eigenvalue weighted by atomic mass is 9.80. The third-order valence-electron chi connectivity index (χ3n) is 5.65. The number of rotatable bonds is 13. The number of nitrogens with zero attached hydrogens (tertiary/aromatic N) is 2. The van der Waals surface area contributed by atoms with Gasteiger partial charge in [-0.05, 0) is 44.9 Å². The summed E-state index contributed by atoms with van der Waals surface area (Å²) in [6, 6.07) is 0. The molecular weight excluding hydrogens is 332 g/mol. The molecule has 0 aromatic carbocycles. The molecule has 5 unspecified atom stereocenters. The summed E-state index contributed by atoms with van der Waals surface area (Å²) in [7, 11) is 0. The zero-order valence-corrected chi connectivity index (χ0v) is 16.6. The molecular formula is C20H38N2O4. The van der Waals surface area contributed by atoms with Crippen LogP contribution >= 0.6 is 0 Å². The molecule has 5 atom stereocenters. The van der Waals surface area contributed by atoms with E-state index in [1.54, 1.807) is 0 Å². The first-order chi connectivity index (χ1) is 12.6. The molecule has 2 heterocycles. The second-order valence-electron chi connectivity index (χ2n) is 8.53. The maximum atomic E-state index is 9.81. The first kappa shape index (κ1) is 20.5. The highest BCUT2D eigenvalue weighted by Gasteiger charge is 2.31. The molecule has 0 bridgehead atoms. The Bertz CT molecular complexity index is 397. The second-order valence-corrected chi connectivity index (χ2v) is 8.53. The summed E-state index contributed by atoms with van der Waals surface area (Å²) in [6.45, 7) is 12.2. The highest BCUT2D eigenvalue weighted by Crippen LogP contribution is 2.31. The van der Waals surface area contributed by atoms with E-state index in [1.165, 1.54) is 25.7 Å². The lowest BCUT2D eigenvalue weighted by molar-refractivity contribution is 0.0154. The Labute approximate surface area is 158 Å². The van der Waals surface area contributed by atoms with Crippen LogP contribution in [0.2, 0.25) is 0 Å². The van der Waals surface area contributed by atoms with E-state index in [-0.39, 0.29) is 6.10 Å². The Morgan fingerprint density at radius 3 is 2.12 bits per heavy atom. The Hall–Kier alpha value is -0.240. The Morgan fingerprint density at radius 1 is 1.00 bits per heavy atom. The van der Waals surface area contributed by atoms with E-state index in [9.17, 15) is 5.11 Å². The fourth-order valence-corrected chi connectivity index (χ4v) is 4.38. The molecule has 26 heavy (non-hydrogen) atoms. The summed E-state index contributed by atoms with van der Waals surface area (Å²) in [5.74, 6) is 1.48. The fourth-order valence-electron chi connectivity index (χ4n) is 4.38. The molecule has 6 heteroatoms. The number of epoxide rings is 2. The van der Waals surface area contributed by atoms with E-state index in [0.29, 0.717) is 12.2 Å². The monoisotopic (exact) mass is 370 g/mol. The number of ether oxygens (including phenoxy) is 3. The van der Waals surface area contributed by atoms with E-state index in [1.807, 2.05) is 6.92 Å². The van der Waals surface area contributed by atoms with Crippen molar-refractivity contribution in [2.24, 2.45) is 11.8 Å². The van der Waals surface area contributed by atoms with Crippen molar-refractivity contribution in [1.82, 2.24) is 9.80 Å². The molecule has 6 nitrogen and oxygen atoms in total. The van der Waals surface area contributed by atoms with Crippen LogP contribution in [0, 0.1) is 11.8 Å². The average molecular weight is 371 g/mol. The molecule has 0 aromatic heterocycles. The van der Waals surface area contributed by atoms with Crippen molar-refractivity contribution in [1.29, 1.82) is 0 Å². The maximum absolute atomic E-state index is 9.81. The van der Waals surface area contributed by atoms with Crippen LogP contribution in [0.5, 0.6) is 0 Å². The van der Waals surface area contributed by atoms with Gasteiger partial charge in [0.25, 0.3) is 0 Å². The zero-order valence-electron chi connectivity index (χ0n) is 16.6. The topological polar surface area (TPSA) is 61.0 Å². The largest absolute Gasteiger partial charge is 0.392 e. The van der Waals surface area contributed by atoms with Crippen molar-refractivity contribution < 1.29 is 19.3 Å². The van der Waals surface area contributed by atoms with E-state index in [4.69, 9.17) is 14.2 Å². The smallest absolute Gasteiger partial charge is 0.0991 e. The molecule has 3 rings (SSSR count). The quantitative estimate of drug-likeness (QED) is 0.392. The standard InChI is InChI=1S/C20H38N2O4/c1-3-24-15-22(12-20-14-26-20)10-18-6-4-5-17(7-18)9-21(8-16(2)23)11-19-13-25-19/h16-20,23H,3-15H2,1-2H3. The number of aliphatic hydroxyl groups excluding tert-OH is 1. The molecule has 1 saturated carbocycles. The highest BCUT2D eigenvalue weighted by molar-refractivity contribution is 4.82. The minimum atomic E-state index is -0.270. The van der Waals surface area contributed by atoms with Crippen LogP contribution in [0.3, 0.4) is 0 Å². The summed E-state index contributed by atoms with van der Waals surface area (Å²) in [6.07, 6.45) is 5.80. The normalized spacial score (nSPS) is 32.2. The first-order valence-electron chi connectivity index (χ1n) is 10.6. The van der Waals surface area contributed by atoms with Gasteiger partial charge in [-0.1, -0.05) is 6.42 Å². The highest BCUT2D eigenvalue weighted by atomic mass is 16.6. The molecule has 1 N–H and O–H groups in total. The molecule has 0 spiro atoms. The summed E-state index contributed by atoms with van der Waals surface area (Å²) >= 11 is 0. The lowest BCUT2D eigenvalue weighted by Gasteiger charge is -2.35. The number of hydrogen-bond donors (Lipinski definition) is 1. The Morgan fingerprint density at radius 2 is 1.58 bits per heavy atom. The fraction of sp³-hybridized carbons (Fsp3) is 1.00. The minimum Gasteiger partial charge on any atom is -0.392 e. The lowest BCUT2D eigenvalue weighted by Crippen LogP contribution is -2.40. The molecule has 152 valence electrons. The maximum Gasteiger partial charge on any atom is 0.0991 e. The summed E-state index contributed by atoms with van der Waals surface area (Å²) in [5, 5.41) is 9.81. The van der Waals surface area contributed by atoms with Crippen molar-refractivity contribution in [3.8, 4) is 0 Å². The average Bonchev–Trinajstić information content (AvgIpc) is 3.49. The van der Waals surface area contributed by atoms with Gasteiger partial charge in [-0.15, -0.1) is 0 Å². The van der Waals surface area contributed by atoms with Crippen molar-refractivity contribution in [2.45, 2.75) is 57.8 Å². The van der Waals surface area contributed by atoms with Gasteiger partial charge in [-0.2, -0.15) is 0 Å². The van der Waals surface area contributed by atoms with Gasteiger partial charge in [0.15, 0.2) is 0 Å². The van der Waals surface area contributed by atoms with Gasteiger partial charge < -0.3 is 19.3 Å². The van der Waals surface area contributed by atoms with Gasteiger partial charge >= 0.3 is 0 Å². The van der Waals surface area contributed by atoms with Gasteiger partial charge in [0.05, 0.1) is 38.3 Å². The first-order valence-corrected chi connectivity index (χ1v) is 10.6. The molecule has 0 aromatic rings. The van der Waals surface area contributed by atoms with Gasteiger partial charge in [0, 0.05) is 39.3 Å². The van der Waals surface area contributed by atoms with Gasteiger partial charge in [0.1, 0.15) is 0 Å². The van der Waals surface area contributed by atoms with Crippen molar-refractivity contribution in [3.63, 3.8) is 0 Å². The zero-order chi connectivity index (χ0) is 18.4.